The molecule has 0 radical (unpaired) electrons. The number of nitrogens with zero attached hydrogens (tertiary/aromatic N) is 2. The summed E-state index contributed by atoms with van der Waals surface area (Å²) in [6, 6.07) is 9.31. The van der Waals surface area contributed by atoms with Crippen molar-refractivity contribution in [1.29, 1.82) is 0 Å². The van der Waals surface area contributed by atoms with E-state index in [2.05, 4.69) is 47.7 Å². The average Bonchev–Trinajstić information content (AvgIpc) is 2.88. The van der Waals surface area contributed by atoms with E-state index in [0.29, 0.717) is 12.6 Å². The predicted molar refractivity (Wildman–Crippen MR) is 94.6 cm³/mol. The van der Waals surface area contributed by atoms with Crippen molar-refractivity contribution in [3.8, 4) is 0 Å². The van der Waals surface area contributed by atoms with Gasteiger partial charge in [-0.3, -0.25) is 4.90 Å². The van der Waals surface area contributed by atoms with Gasteiger partial charge in [0, 0.05) is 36.8 Å². The van der Waals surface area contributed by atoms with Crippen molar-refractivity contribution in [2.24, 2.45) is 12.5 Å². The normalized spacial score (nSPS) is 27.9. The number of fused-ring (bicyclic) bond motifs is 5. The van der Waals surface area contributed by atoms with Gasteiger partial charge in [0.1, 0.15) is 0 Å². The van der Waals surface area contributed by atoms with Gasteiger partial charge in [-0.2, -0.15) is 0 Å². The Morgan fingerprint density at radius 3 is 2.87 bits per heavy atom. The van der Waals surface area contributed by atoms with E-state index >= 15 is 0 Å². The number of hydrogen-bond donors (Lipinski definition) is 1. The number of rotatable bonds is 3. The molecule has 1 N–H and O–H groups in total. The lowest BCUT2D eigenvalue weighted by Gasteiger charge is -2.52. The van der Waals surface area contributed by atoms with Crippen molar-refractivity contribution in [2.45, 2.75) is 45.1 Å². The molecule has 2 aliphatic rings. The number of aliphatic hydroxyl groups excluding tert-OH is 1. The minimum Gasteiger partial charge on any atom is -0.396 e. The van der Waals surface area contributed by atoms with Crippen LogP contribution in [-0.2, 0) is 13.5 Å². The zero-order chi connectivity index (χ0) is 16.0. The predicted octanol–water partition coefficient (Wildman–Crippen LogP) is 3.65. The van der Waals surface area contributed by atoms with Gasteiger partial charge in [0.05, 0.1) is 6.04 Å². The molecule has 23 heavy (non-hydrogen) atoms. The van der Waals surface area contributed by atoms with Crippen molar-refractivity contribution < 1.29 is 5.11 Å². The molecule has 0 saturated carbocycles. The van der Waals surface area contributed by atoms with Gasteiger partial charge in [-0.05, 0) is 55.7 Å². The Morgan fingerprint density at radius 1 is 1.26 bits per heavy atom. The lowest BCUT2D eigenvalue weighted by Crippen LogP contribution is -2.50. The van der Waals surface area contributed by atoms with E-state index in [0.717, 1.165) is 19.3 Å². The molecule has 3 heteroatoms. The summed E-state index contributed by atoms with van der Waals surface area (Å²) < 4.78 is 2.44. The fourth-order valence-electron chi connectivity index (χ4n) is 5.38. The Hall–Kier alpha value is -1.32. The number of aryl methyl sites for hydroxylation is 1. The third-order valence-electron chi connectivity index (χ3n) is 6.55. The first-order valence-corrected chi connectivity index (χ1v) is 9.13. The van der Waals surface area contributed by atoms with Gasteiger partial charge >= 0.3 is 0 Å². The molecule has 124 valence electrons. The maximum Gasteiger partial charge on any atom is 0.0561 e. The molecule has 4 rings (SSSR count). The second-order valence-electron chi connectivity index (χ2n) is 7.42. The van der Waals surface area contributed by atoms with Crippen LogP contribution in [-0.4, -0.2) is 34.3 Å². The lowest BCUT2D eigenvalue weighted by atomic mass is 9.66. The molecule has 1 saturated heterocycles. The van der Waals surface area contributed by atoms with Crippen LogP contribution >= 0.6 is 0 Å². The summed E-state index contributed by atoms with van der Waals surface area (Å²) >= 11 is 0. The van der Waals surface area contributed by atoms with Crippen molar-refractivity contribution in [1.82, 2.24) is 9.47 Å². The van der Waals surface area contributed by atoms with E-state index in [1.54, 1.807) is 5.56 Å². The molecule has 2 atom stereocenters. The molecule has 0 bridgehead atoms. The van der Waals surface area contributed by atoms with Crippen LogP contribution in [0.2, 0.25) is 0 Å². The molecule has 2 aromatic rings. The summed E-state index contributed by atoms with van der Waals surface area (Å²) in [5.74, 6) is 0. The van der Waals surface area contributed by atoms with Crippen molar-refractivity contribution in [3.63, 3.8) is 0 Å². The first kappa shape index (κ1) is 15.2. The maximum absolute atomic E-state index is 9.74. The van der Waals surface area contributed by atoms with Gasteiger partial charge < -0.3 is 9.67 Å². The van der Waals surface area contributed by atoms with Gasteiger partial charge in [0.15, 0.2) is 0 Å². The Morgan fingerprint density at radius 2 is 2.09 bits per heavy atom. The van der Waals surface area contributed by atoms with Gasteiger partial charge in [-0.15, -0.1) is 0 Å². The summed E-state index contributed by atoms with van der Waals surface area (Å²) in [6.07, 6.45) is 5.74. The average molecular weight is 312 g/mol. The number of piperidine rings is 1. The van der Waals surface area contributed by atoms with Crippen LogP contribution in [0, 0.1) is 5.41 Å². The monoisotopic (exact) mass is 312 g/mol. The highest BCUT2D eigenvalue weighted by Crippen LogP contribution is 2.53. The zero-order valence-electron chi connectivity index (χ0n) is 14.4. The number of aliphatic hydroxyl groups is 1. The molecule has 3 nitrogen and oxygen atoms in total. The van der Waals surface area contributed by atoms with Gasteiger partial charge in [0.2, 0.25) is 0 Å². The van der Waals surface area contributed by atoms with Crippen LogP contribution < -0.4 is 0 Å². The fraction of sp³-hybridized carbons (Fsp3) is 0.600. The van der Waals surface area contributed by atoms with Gasteiger partial charge in [0.25, 0.3) is 0 Å². The van der Waals surface area contributed by atoms with Crippen LogP contribution in [0.4, 0.5) is 0 Å². The van der Waals surface area contributed by atoms with E-state index in [4.69, 9.17) is 0 Å². The second kappa shape index (κ2) is 5.64. The number of para-hydroxylation sites is 1. The molecule has 0 unspecified atom stereocenters. The summed E-state index contributed by atoms with van der Waals surface area (Å²) in [6.45, 7) is 4.99. The molecule has 0 aliphatic carbocycles. The quantitative estimate of drug-likeness (QED) is 0.937. The van der Waals surface area contributed by atoms with Gasteiger partial charge in [-0.25, -0.2) is 0 Å². The van der Waals surface area contributed by atoms with Crippen molar-refractivity contribution in [2.75, 3.05) is 19.7 Å². The highest BCUT2D eigenvalue weighted by Gasteiger charge is 2.47. The van der Waals surface area contributed by atoms with Crippen molar-refractivity contribution in [3.05, 3.63) is 35.5 Å². The highest BCUT2D eigenvalue weighted by atomic mass is 16.3. The number of hydrogen-bond acceptors (Lipinski definition) is 2. The second-order valence-corrected chi connectivity index (χ2v) is 7.42. The molecule has 3 heterocycles. The molecule has 1 fully saturated rings. The third kappa shape index (κ3) is 2.10. The maximum atomic E-state index is 9.74. The largest absolute Gasteiger partial charge is 0.396 e. The van der Waals surface area contributed by atoms with E-state index in [9.17, 15) is 5.11 Å². The Balaban J connectivity index is 1.94. The molecule has 0 amide bonds. The van der Waals surface area contributed by atoms with Crippen LogP contribution in [0.25, 0.3) is 10.9 Å². The molecule has 1 aromatic heterocycles. The SMILES string of the molecule is CC[C@@]1(CCO)CCCN2CCc3c(n(C)c4ccccc34)[C@@H]21. The highest BCUT2D eigenvalue weighted by molar-refractivity contribution is 5.86. The fourth-order valence-corrected chi connectivity index (χ4v) is 5.38. The van der Waals surface area contributed by atoms with Crippen LogP contribution in [0.5, 0.6) is 0 Å². The first-order chi connectivity index (χ1) is 11.2. The summed E-state index contributed by atoms with van der Waals surface area (Å²) in [4.78, 5) is 2.70. The van der Waals surface area contributed by atoms with E-state index in [-0.39, 0.29) is 5.41 Å². The Bertz CT molecular complexity index is 716. The summed E-state index contributed by atoms with van der Waals surface area (Å²) in [5.41, 5.74) is 4.66. The minimum absolute atomic E-state index is 0.226. The molecule has 1 aromatic carbocycles. The Kier molecular flexibility index (Phi) is 3.73. The van der Waals surface area contributed by atoms with Crippen LogP contribution in [0.15, 0.2) is 24.3 Å². The first-order valence-electron chi connectivity index (χ1n) is 9.13. The molecule has 0 spiro atoms. The van der Waals surface area contributed by atoms with E-state index in [1.165, 1.54) is 42.5 Å². The van der Waals surface area contributed by atoms with Gasteiger partial charge in [-0.1, -0.05) is 25.1 Å². The molecular formula is C20H28N2O. The van der Waals surface area contributed by atoms with E-state index < -0.39 is 0 Å². The van der Waals surface area contributed by atoms with Crippen LogP contribution in [0.3, 0.4) is 0 Å². The molecule has 2 aliphatic heterocycles. The lowest BCUT2D eigenvalue weighted by molar-refractivity contribution is -0.0185. The minimum atomic E-state index is 0.226. The Labute approximate surface area is 138 Å². The zero-order valence-corrected chi connectivity index (χ0v) is 14.4. The number of benzene rings is 1. The smallest absolute Gasteiger partial charge is 0.0561 e. The summed E-state index contributed by atoms with van der Waals surface area (Å²) in [5, 5.41) is 11.2. The molecular weight excluding hydrogens is 284 g/mol. The summed E-state index contributed by atoms with van der Waals surface area (Å²) in [7, 11) is 2.23. The van der Waals surface area contributed by atoms with E-state index in [1.807, 2.05) is 0 Å². The topological polar surface area (TPSA) is 28.4 Å². The van der Waals surface area contributed by atoms with Crippen LogP contribution in [0.1, 0.15) is 49.9 Å². The standard InChI is InChI=1S/C20H28N2O/c1-3-20(11-14-23)10-6-12-22-13-9-16-15-7-4-5-8-17(15)21(2)18(16)19(20)22/h4-5,7-8,19,23H,3,6,9-14H2,1-2H3/t19-,20+/m1/s1. The third-order valence-corrected chi connectivity index (χ3v) is 6.55. The van der Waals surface area contributed by atoms with Crippen molar-refractivity contribution >= 4 is 10.9 Å². The number of aromatic nitrogens is 1.